The molecule has 0 amide bonds. The van der Waals surface area contributed by atoms with E-state index in [4.69, 9.17) is 16.1 Å². The summed E-state index contributed by atoms with van der Waals surface area (Å²) in [6.07, 6.45) is 2.62. The van der Waals surface area contributed by atoms with Crippen LogP contribution in [0.3, 0.4) is 0 Å². The van der Waals surface area contributed by atoms with Crippen molar-refractivity contribution in [1.29, 1.82) is 5.26 Å². The normalized spacial score (nSPS) is 13.9. The molecule has 0 bridgehead atoms. The van der Waals surface area contributed by atoms with Crippen molar-refractivity contribution in [1.82, 2.24) is 0 Å². The Hall–Kier alpha value is -2.22. The molecular weight excluding hydrogens is 230 g/mol. The molecule has 18 heavy (non-hydrogen) atoms. The zero-order valence-electron chi connectivity index (χ0n) is 9.97. The molecule has 1 saturated carbocycles. The van der Waals surface area contributed by atoms with Gasteiger partial charge in [0, 0.05) is 24.0 Å². The minimum atomic E-state index is -1.02. The predicted molar refractivity (Wildman–Crippen MR) is 68.4 cm³/mol. The van der Waals surface area contributed by atoms with Crippen LogP contribution in [0.1, 0.15) is 29.6 Å². The highest BCUT2D eigenvalue weighted by Crippen LogP contribution is 2.33. The van der Waals surface area contributed by atoms with E-state index in [2.05, 4.69) is 11.0 Å². The maximum atomic E-state index is 11.0. The van der Waals surface area contributed by atoms with Crippen molar-refractivity contribution in [3.05, 3.63) is 23.8 Å². The lowest BCUT2D eigenvalue weighted by Crippen LogP contribution is -2.26. The van der Waals surface area contributed by atoms with Crippen LogP contribution < -0.4 is 10.6 Å². The van der Waals surface area contributed by atoms with Crippen molar-refractivity contribution < 1.29 is 9.90 Å². The molecule has 0 spiro atoms. The molecule has 0 unspecified atom stereocenters. The number of carboxylic acids is 1. The molecule has 0 aromatic heterocycles. The van der Waals surface area contributed by atoms with Gasteiger partial charge in [-0.15, -0.1) is 0 Å². The fourth-order valence-electron chi connectivity index (χ4n) is 1.99. The minimum absolute atomic E-state index is 0.120. The quantitative estimate of drug-likeness (QED) is 0.772. The molecule has 0 saturated heterocycles. The monoisotopic (exact) mass is 245 g/mol. The molecular formula is C13H15N3O2. The van der Waals surface area contributed by atoms with Crippen LogP contribution in [0, 0.1) is 11.3 Å². The second-order valence-corrected chi connectivity index (χ2v) is 4.41. The van der Waals surface area contributed by atoms with Crippen molar-refractivity contribution in [2.45, 2.75) is 25.3 Å². The van der Waals surface area contributed by atoms with Crippen LogP contribution in [-0.2, 0) is 0 Å². The largest absolute Gasteiger partial charge is 0.478 e. The fraction of sp³-hybridized carbons (Fsp3) is 0.385. The molecule has 5 nitrogen and oxygen atoms in total. The summed E-state index contributed by atoms with van der Waals surface area (Å²) in [4.78, 5) is 13.1. The number of nitrogens with two attached hydrogens (primary N) is 1. The lowest BCUT2D eigenvalue weighted by atomic mass is 10.1. The predicted octanol–water partition coefficient (Wildman–Crippen LogP) is 1.85. The van der Waals surface area contributed by atoms with E-state index in [0.717, 1.165) is 18.5 Å². The van der Waals surface area contributed by atoms with Gasteiger partial charge in [0.25, 0.3) is 0 Å². The molecule has 0 atom stereocenters. The zero-order valence-corrected chi connectivity index (χ0v) is 9.97. The molecule has 1 aliphatic carbocycles. The Kier molecular flexibility index (Phi) is 3.38. The van der Waals surface area contributed by atoms with Gasteiger partial charge in [-0.1, -0.05) is 0 Å². The summed E-state index contributed by atoms with van der Waals surface area (Å²) in [5, 5.41) is 17.7. The third kappa shape index (κ3) is 2.54. The first kappa shape index (κ1) is 12.2. The van der Waals surface area contributed by atoms with E-state index in [0.29, 0.717) is 19.0 Å². The van der Waals surface area contributed by atoms with Gasteiger partial charge in [-0.2, -0.15) is 5.26 Å². The van der Waals surface area contributed by atoms with Crippen molar-refractivity contribution in [3.8, 4) is 6.07 Å². The Morgan fingerprint density at radius 1 is 1.56 bits per heavy atom. The topological polar surface area (TPSA) is 90.4 Å². The Balaban J connectivity index is 2.27. The number of carboxylic acid groups (broad SMARTS) is 1. The number of aromatic carboxylic acids is 1. The summed E-state index contributed by atoms with van der Waals surface area (Å²) in [5.74, 6) is -1.02. The van der Waals surface area contributed by atoms with Crippen LogP contribution in [0.25, 0.3) is 0 Å². The molecule has 1 aliphatic rings. The van der Waals surface area contributed by atoms with Gasteiger partial charge in [0.15, 0.2) is 0 Å². The number of nitrogens with zero attached hydrogens (tertiary/aromatic N) is 2. The van der Waals surface area contributed by atoms with Crippen LogP contribution in [0.5, 0.6) is 0 Å². The molecule has 1 fully saturated rings. The third-order valence-corrected chi connectivity index (χ3v) is 3.05. The number of nitrogen functional groups attached to an aromatic ring is 1. The lowest BCUT2D eigenvalue weighted by molar-refractivity contribution is 0.0698. The van der Waals surface area contributed by atoms with E-state index in [-0.39, 0.29) is 11.3 Å². The third-order valence-electron chi connectivity index (χ3n) is 3.05. The summed E-state index contributed by atoms with van der Waals surface area (Å²) < 4.78 is 0. The van der Waals surface area contributed by atoms with Crippen molar-refractivity contribution >= 4 is 17.3 Å². The molecule has 0 aliphatic heterocycles. The number of rotatable bonds is 5. The number of benzene rings is 1. The van der Waals surface area contributed by atoms with Crippen molar-refractivity contribution in [2.75, 3.05) is 17.2 Å². The minimum Gasteiger partial charge on any atom is -0.478 e. The first-order chi connectivity index (χ1) is 8.63. The summed E-state index contributed by atoms with van der Waals surface area (Å²) in [6.45, 7) is 0.629. The zero-order chi connectivity index (χ0) is 13.1. The summed E-state index contributed by atoms with van der Waals surface area (Å²) in [7, 11) is 0. The fourth-order valence-corrected chi connectivity index (χ4v) is 1.99. The first-order valence-electron chi connectivity index (χ1n) is 5.90. The van der Waals surface area contributed by atoms with Crippen molar-refractivity contribution in [2.24, 2.45) is 0 Å². The molecule has 1 aromatic carbocycles. The summed E-state index contributed by atoms with van der Waals surface area (Å²) in [5.41, 5.74) is 6.85. The van der Waals surface area contributed by atoms with E-state index in [1.807, 2.05) is 6.07 Å². The van der Waals surface area contributed by atoms with E-state index < -0.39 is 5.97 Å². The number of nitriles is 1. The van der Waals surface area contributed by atoms with Gasteiger partial charge in [0.1, 0.15) is 0 Å². The second kappa shape index (κ2) is 4.96. The highest BCUT2D eigenvalue weighted by Gasteiger charge is 2.29. The maximum Gasteiger partial charge on any atom is 0.337 e. The number of hydrogen-bond donors (Lipinski definition) is 2. The molecule has 0 heterocycles. The Bertz CT molecular complexity index is 503. The van der Waals surface area contributed by atoms with E-state index in [1.54, 1.807) is 12.1 Å². The number of hydrogen-bond acceptors (Lipinski definition) is 4. The van der Waals surface area contributed by atoms with Crippen LogP contribution in [0.4, 0.5) is 11.4 Å². The van der Waals surface area contributed by atoms with Crippen LogP contribution in [0.2, 0.25) is 0 Å². The molecule has 5 heteroatoms. The van der Waals surface area contributed by atoms with Gasteiger partial charge in [0.2, 0.25) is 0 Å². The van der Waals surface area contributed by atoms with Crippen LogP contribution in [0.15, 0.2) is 18.2 Å². The Morgan fingerprint density at radius 3 is 2.83 bits per heavy atom. The average Bonchev–Trinajstić information content (AvgIpc) is 3.15. The molecule has 94 valence electrons. The highest BCUT2D eigenvalue weighted by atomic mass is 16.4. The van der Waals surface area contributed by atoms with Crippen molar-refractivity contribution in [3.63, 3.8) is 0 Å². The van der Waals surface area contributed by atoms with Crippen LogP contribution >= 0.6 is 0 Å². The van der Waals surface area contributed by atoms with E-state index in [1.165, 1.54) is 0 Å². The van der Waals surface area contributed by atoms with Gasteiger partial charge < -0.3 is 15.7 Å². The molecule has 1 aromatic rings. The Labute approximate surface area is 105 Å². The van der Waals surface area contributed by atoms with Gasteiger partial charge in [-0.05, 0) is 31.0 Å². The summed E-state index contributed by atoms with van der Waals surface area (Å²) in [6, 6.07) is 7.57. The van der Waals surface area contributed by atoms with Gasteiger partial charge in [-0.3, -0.25) is 0 Å². The van der Waals surface area contributed by atoms with Gasteiger partial charge in [0.05, 0.1) is 18.1 Å². The second-order valence-electron chi connectivity index (χ2n) is 4.41. The first-order valence-corrected chi connectivity index (χ1v) is 5.90. The number of carbonyl (C=O) groups is 1. The lowest BCUT2D eigenvalue weighted by Gasteiger charge is -2.24. The van der Waals surface area contributed by atoms with E-state index >= 15 is 0 Å². The highest BCUT2D eigenvalue weighted by molar-refractivity contribution is 5.94. The van der Waals surface area contributed by atoms with Gasteiger partial charge in [-0.25, -0.2) is 4.79 Å². The van der Waals surface area contributed by atoms with Crippen LogP contribution in [-0.4, -0.2) is 23.7 Å². The summed E-state index contributed by atoms with van der Waals surface area (Å²) >= 11 is 0. The smallest absolute Gasteiger partial charge is 0.337 e. The van der Waals surface area contributed by atoms with E-state index in [9.17, 15) is 4.79 Å². The molecule has 0 radical (unpaired) electrons. The molecule has 3 N–H and O–H groups in total. The van der Waals surface area contributed by atoms with Gasteiger partial charge >= 0.3 is 5.97 Å². The standard InChI is InChI=1S/C13H15N3O2/c14-6-1-7-16(9-2-3-9)10-4-5-12(15)11(8-10)13(17)18/h4-5,8-9H,1-3,7,15H2,(H,17,18). The SMILES string of the molecule is N#CCCN(c1ccc(N)c(C(=O)O)c1)C1CC1. The molecule has 2 rings (SSSR count). The number of anilines is 2. The Morgan fingerprint density at radius 2 is 2.28 bits per heavy atom. The maximum absolute atomic E-state index is 11.0. The average molecular weight is 245 g/mol.